The number of likely N-dealkylation sites (tertiary alicyclic amines) is 1. The minimum absolute atomic E-state index is 0.385. The van der Waals surface area contributed by atoms with E-state index in [0.717, 1.165) is 29.9 Å². The Morgan fingerprint density at radius 3 is 2.69 bits per heavy atom. The Labute approximate surface area is 179 Å². The van der Waals surface area contributed by atoms with Gasteiger partial charge in [-0.15, -0.1) is 11.3 Å². The van der Waals surface area contributed by atoms with Crippen molar-refractivity contribution in [3.63, 3.8) is 0 Å². The van der Waals surface area contributed by atoms with Crippen molar-refractivity contribution in [1.29, 1.82) is 0 Å². The Balaban J connectivity index is 1.58. The van der Waals surface area contributed by atoms with Gasteiger partial charge in [-0.3, -0.25) is 9.89 Å². The maximum atomic E-state index is 4.67. The van der Waals surface area contributed by atoms with Gasteiger partial charge in [0.1, 0.15) is 5.82 Å². The van der Waals surface area contributed by atoms with Crippen molar-refractivity contribution < 1.29 is 0 Å². The number of nitrogens with zero attached hydrogens (tertiary/aromatic N) is 4. The Morgan fingerprint density at radius 2 is 2.03 bits per heavy atom. The summed E-state index contributed by atoms with van der Waals surface area (Å²) in [6.07, 6.45) is 2.56. The summed E-state index contributed by atoms with van der Waals surface area (Å²) in [6, 6.07) is 10.9. The highest BCUT2D eigenvalue weighted by Gasteiger charge is 2.25. The number of hydrogen-bond donors (Lipinski definition) is 2. The molecule has 1 aliphatic rings. The van der Waals surface area contributed by atoms with Crippen LogP contribution in [0.4, 0.5) is 5.82 Å². The van der Waals surface area contributed by atoms with Gasteiger partial charge in [0.05, 0.1) is 18.3 Å². The first-order valence-corrected chi connectivity index (χ1v) is 11.3. The molecule has 7 heteroatoms. The summed E-state index contributed by atoms with van der Waals surface area (Å²) in [5.74, 6) is 2.61. The average molecular weight is 415 g/mol. The molecule has 158 valence electrons. The van der Waals surface area contributed by atoms with Crippen LogP contribution in [0.15, 0.2) is 40.7 Å². The van der Waals surface area contributed by atoms with Crippen molar-refractivity contribution in [2.24, 2.45) is 10.9 Å². The van der Waals surface area contributed by atoms with Gasteiger partial charge in [0.25, 0.3) is 0 Å². The van der Waals surface area contributed by atoms with Crippen molar-refractivity contribution in [3.05, 3.63) is 46.3 Å². The van der Waals surface area contributed by atoms with Gasteiger partial charge in [0.15, 0.2) is 5.96 Å². The number of anilines is 1. The number of rotatable bonds is 7. The lowest BCUT2D eigenvalue weighted by Gasteiger charge is -2.36. The third-order valence-corrected chi connectivity index (χ3v) is 6.48. The van der Waals surface area contributed by atoms with Crippen molar-refractivity contribution in [2.45, 2.75) is 32.4 Å². The van der Waals surface area contributed by atoms with Crippen LogP contribution in [0.25, 0.3) is 0 Å². The van der Waals surface area contributed by atoms with Gasteiger partial charge in [-0.05, 0) is 55.4 Å². The van der Waals surface area contributed by atoms with Crippen LogP contribution in [0.5, 0.6) is 0 Å². The van der Waals surface area contributed by atoms with E-state index in [-0.39, 0.29) is 0 Å². The van der Waals surface area contributed by atoms with E-state index in [9.17, 15) is 0 Å². The number of aromatic nitrogens is 1. The molecule has 0 aromatic carbocycles. The molecular weight excluding hydrogens is 380 g/mol. The number of piperidine rings is 1. The zero-order valence-corrected chi connectivity index (χ0v) is 18.9. The highest BCUT2D eigenvalue weighted by Crippen LogP contribution is 2.29. The number of thiophene rings is 1. The fourth-order valence-electron chi connectivity index (χ4n) is 3.63. The maximum absolute atomic E-state index is 4.67. The molecule has 3 heterocycles. The average Bonchev–Trinajstić information content (AvgIpc) is 3.26. The molecule has 1 unspecified atom stereocenters. The monoisotopic (exact) mass is 414 g/mol. The van der Waals surface area contributed by atoms with E-state index in [1.54, 1.807) is 0 Å². The molecule has 1 saturated heterocycles. The quantitative estimate of drug-likeness (QED) is 0.538. The molecule has 2 aromatic rings. The molecule has 0 aliphatic carbocycles. The summed E-state index contributed by atoms with van der Waals surface area (Å²) in [7, 11) is 5.83. The predicted octanol–water partition coefficient (Wildman–Crippen LogP) is 3.35. The van der Waals surface area contributed by atoms with Gasteiger partial charge in [-0.25, -0.2) is 4.98 Å². The molecule has 3 rings (SSSR count). The third kappa shape index (κ3) is 6.18. The van der Waals surface area contributed by atoms with E-state index < -0.39 is 0 Å². The summed E-state index contributed by atoms with van der Waals surface area (Å²) in [6.45, 7) is 6.18. The number of hydrogen-bond acceptors (Lipinski definition) is 5. The maximum Gasteiger partial charge on any atom is 0.191 e. The molecule has 2 N–H and O–H groups in total. The van der Waals surface area contributed by atoms with E-state index in [1.165, 1.54) is 30.8 Å². The zero-order valence-electron chi connectivity index (χ0n) is 18.1. The van der Waals surface area contributed by atoms with Crippen LogP contribution >= 0.6 is 11.3 Å². The first-order valence-electron chi connectivity index (χ1n) is 10.4. The van der Waals surface area contributed by atoms with Crippen molar-refractivity contribution in [3.8, 4) is 0 Å². The Morgan fingerprint density at radius 1 is 1.24 bits per heavy atom. The number of aliphatic imine (C=N–C) groups is 1. The molecule has 1 aliphatic heterocycles. The van der Waals surface area contributed by atoms with Crippen LogP contribution < -0.4 is 15.5 Å². The summed E-state index contributed by atoms with van der Waals surface area (Å²) in [5.41, 5.74) is 0.999. The molecule has 0 spiro atoms. The van der Waals surface area contributed by atoms with Gasteiger partial charge in [0, 0.05) is 32.6 Å². The van der Waals surface area contributed by atoms with Crippen molar-refractivity contribution in [1.82, 2.24) is 20.5 Å². The molecular formula is C22H34N6S. The molecule has 6 nitrogen and oxygen atoms in total. The number of pyridine rings is 1. The SMILES string of the molecule is CN=C(NCc1cccc(N(C)C)n1)NCC(c1cccs1)N1CCC(C)CC1. The second-order valence-corrected chi connectivity index (χ2v) is 8.92. The van der Waals surface area contributed by atoms with Gasteiger partial charge < -0.3 is 15.5 Å². The molecule has 29 heavy (non-hydrogen) atoms. The molecule has 1 atom stereocenters. The van der Waals surface area contributed by atoms with E-state index >= 15 is 0 Å². The first-order chi connectivity index (χ1) is 14.1. The minimum Gasteiger partial charge on any atom is -0.363 e. The van der Waals surface area contributed by atoms with Crippen LogP contribution in [-0.2, 0) is 6.54 Å². The molecule has 1 fully saturated rings. The molecule has 0 bridgehead atoms. The summed E-state index contributed by atoms with van der Waals surface area (Å²) >= 11 is 1.84. The second-order valence-electron chi connectivity index (χ2n) is 7.94. The lowest BCUT2D eigenvalue weighted by molar-refractivity contribution is 0.140. The summed E-state index contributed by atoms with van der Waals surface area (Å²) in [4.78, 5) is 15.1. The van der Waals surface area contributed by atoms with Gasteiger partial charge in [-0.2, -0.15) is 0 Å². The highest BCUT2D eigenvalue weighted by molar-refractivity contribution is 7.10. The normalized spacial score (nSPS) is 17.2. The smallest absolute Gasteiger partial charge is 0.191 e. The lowest BCUT2D eigenvalue weighted by atomic mass is 9.97. The summed E-state index contributed by atoms with van der Waals surface area (Å²) in [5, 5.41) is 9.12. The van der Waals surface area contributed by atoms with Gasteiger partial charge in [-0.1, -0.05) is 19.1 Å². The fraction of sp³-hybridized carbons (Fsp3) is 0.545. The van der Waals surface area contributed by atoms with E-state index in [1.807, 2.05) is 55.6 Å². The molecule has 0 radical (unpaired) electrons. The van der Waals surface area contributed by atoms with Crippen LogP contribution in [-0.4, -0.2) is 56.6 Å². The second kappa shape index (κ2) is 10.6. The van der Waals surface area contributed by atoms with E-state index in [4.69, 9.17) is 0 Å². The molecule has 0 saturated carbocycles. The minimum atomic E-state index is 0.385. The first kappa shape index (κ1) is 21.6. The van der Waals surface area contributed by atoms with E-state index in [0.29, 0.717) is 12.6 Å². The molecule has 0 amide bonds. The third-order valence-electron chi connectivity index (χ3n) is 5.50. The van der Waals surface area contributed by atoms with Crippen molar-refractivity contribution >= 4 is 23.1 Å². The standard InChI is InChI=1S/C22H34N6S/c1-17-10-12-28(13-11-17)19(20-8-6-14-29-20)16-25-22(23-2)24-15-18-7-5-9-21(26-18)27(3)4/h5-9,14,17,19H,10-13,15-16H2,1-4H3,(H2,23,24,25). The Hall–Kier alpha value is -2.12. The molecule has 2 aromatic heterocycles. The predicted molar refractivity (Wildman–Crippen MR) is 124 cm³/mol. The van der Waals surface area contributed by atoms with Gasteiger partial charge >= 0.3 is 0 Å². The number of guanidine groups is 1. The van der Waals surface area contributed by atoms with Gasteiger partial charge in [0.2, 0.25) is 0 Å². The topological polar surface area (TPSA) is 55.8 Å². The fourth-order valence-corrected chi connectivity index (χ4v) is 4.49. The Bertz CT molecular complexity index is 765. The van der Waals surface area contributed by atoms with E-state index in [2.05, 4.69) is 49.9 Å². The Kier molecular flexibility index (Phi) is 7.89. The highest BCUT2D eigenvalue weighted by atomic mass is 32.1. The summed E-state index contributed by atoms with van der Waals surface area (Å²) < 4.78 is 0. The lowest BCUT2D eigenvalue weighted by Crippen LogP contribution is -2.44. The van der Waals surface area contributed by atoms with Crippen LogP contribution in [0, 0.1) is 5.92 Å². The van der Waals surface area contributed by atoms with Crippen molar-refractivity contribution in [2.75, 3.05) is 45.7 Å². The number of nitrogens with one attached hydrogen (secondary N) is 2. The largest absolute Gasteiger partial charge is 0.363 e. The van der Waals surface area contributed by atoms with Crippen LogP contribution in [0.3, 0.4) is 0 Å². The van der Waals surface area contributed by atoms with Crippen LogP contribution in [0.2, 0.25) is 0 Å². The zero-order chi connectivity index (χ0) is 20.6. The van der Waals surface area contributed by atoms with Crippen LogP contribution in [0.1, 0.15) is 36.4 Å².